The summed E-state index contributed by atoms with van der Waals surface area (Å²) in [5, 5.41) is 0. The molecule has 0 N–H and O–H groups in total. The zero-order valence-electron chi connectivity index (χ0n) is 15.6. The number of esters is 1. The normalized spacial score (nSPS) is 47.3. The van der Waals surface area contributed by atoms with Gasteiger partial charge >= 0.3 is 5.97 Å². The number of carbonyl (C=O) groups is 1. The molecule has 3 fully saturated rings. The molecule has 24 heavy (non-hydrogen) atoms. The van der Waals surface area contributed by atoms with E-state index in [9.17, 15) is 4.79 Å². The van der Waals surface area contributed by atoms with Crippen molar-refractivity contribution in [3.63, 3.8) is 0 Å². The van der Waals surface area contributed by atoms with E-state index < -0.39 is 0 Å². The highest BCUT2D eigenvalue weighted by atomic mass is 16.5. The van der Waals surface area contributed by atoms with E-state index in [0.29, 0.717) is 10.8 Å². The van der Waals surface area contributed by atoms with Crippen LogP contribution in [0.3, 0.4) is 0 Å². The Kier molecular flexibility index (Phi) is 3.75. The average molecular weight is 328 g/mol. The molecule has 0 aromatic rings. The van der Waals surface area contributed by atoms with Gasteiger partial charge in [0.25, 0.3) is 0 Å². The zero-order valence-corrected chi connectivity index (χ0v) is 15.6. The van der Waals surface area contributed by atoms with E-state index in [1.807, 2.05) is 0 Å². The van der Waals surface area contributed by atoms with E-state index in [-0.39, 0.29) is 12.1 Å². The van der Waals surface area contributed by atoms with E-state index in [0.717, 1.165) is 30.6 Å². The van der Waals surface area contributed by atoms with Gasteiger partial charge in [0.1, 0.15) is 6.10 Å². The number of fused-ring (bicyclic) bond motifs is 5. The van der Waals surface area contributed by atoms with Crippen LogP contribution in [-0.4, -0.2) is 12.1 Å². The molecule has 0 spiro atoms. The minimum absolute atomic E-state index is 0.110. The van der Waals surface area contributed by atoms with Gasteiger partial charge < -0.3 is 4.74 Å². The van der Waals surface area contributed by atoms with Crippen molar-refractivity contribution in [1.29, 1.82) is 0 Å². The number of hydrogen-bond acceptors (Lipinski definition) is 2. The van der Waals surface area contributed by atoms with Crippen LogP contribution < -0.4 is 0 Å². The molecule has 132 valence electrons. The highest BCUT2D eigenvalue weighted by Gasteiger charge is 2.56. The summed E-state index contributed by atoms with van der Waals surface area (Å²) in [4.78, 5) is 11.3. The second kappa shape index (κ2) is 5.47. The van der Waals surface area contributed by atoms with Gasteiger partial charge in [-0.1, -0.05) is 37.6 Å². The van der Waals surface area contributed by atoms with E-state index in [1.165, 1.54) is 51.0 Å². The van der Waals surface area contributed by atoms with Crippen molar-refractivity contribution in [3.8, 4) is 0 Å². The van der Waals surface area contributed by atoms with Crippen LogP contribution in [-0.2, 0) is 9.53 Å². The van der Waals surface area contributed by atoms with Gasteiger partial charge in [0.15, 0.2) is 0 Å². The average Bonchev–Trinajstić information content (AvgIpc) is 2.83. The first-order valence-corrected chi connectivity index (χ1v) is 9.89. The molecule has 2 heteroatoms. The Bertz CT molecular complexity index is 603. The van der Waals surface area contributed by atoms with E-state index in [1.54, 1.807) is 5.57 Å². The van der Waals surface area contributed by atoms with Crippen molar-refractivity contribution in [1.82, 2.24) is 0 Å². The molecule has 0 aromatic heterocycles. The Labute approximate surface area is 146 Å². The summed E-state index contributed by atoms with van der Waals surface area (Å²) in [7, 11) is 0. The van der Waals surface area contributed by atoms with Crippen molar-refractivity contribution in [2.24, 2.45) is 28.6 Å². The first kappa shape index (κ1) is 16.4. The van der Waals surface area contributed by atoms with Gasteiger partial charge in [-0.25, -0.2) is 0 Å². The molecule has 0 heterocycles. The third-order valence-electron chi connectivity index (χ3n) is 8.35. The predicted molar refractivity (Wildman–Crippen MR) is 96.4 cm³/mol. The summed E-state index contributed by atoms with van der Waals surface area (Å²) in [6.07, 6.45) is 12.3. The number of carbonyl (C=O) groups excluding carboxylic acids is 1. The molecule has 6 atom stereocenters. The van der Waals surface area contributed by atoms with Crippen LogP contribution in [0, 0.1) is 28.6 Å². The Hall–Kier alpha value is -1.05. The Morgan fingerprint density at radius 2 is 1.88 bits per heavy atom. The molecular formula is C22H32O2. The number of allylic oxidation sites excluding steroid dienone is 2. The van der Waals surface area contributed by atoms with Crippen LogP contribution >= 0.6 is 0 Å². The molecular weight excluding hydrogens is 296 g/mol. The van der Waals surface area contributed by atoms with Crippen LogP contribution in [0.25, 0.3) is 0 Å². The Morgan fingerprint density at radius 3 is 2.62 bits per heavy atom. The van der Waals surface area contributed by atoms with Crippen molar-refractivity contribution in [2.45, 2.75) is 78.2 Å². The summed E-state index contributed by atoms with van der Waals surface area (Å²) in [5.74, 6) is 2.36. The fourth-order valence-electron chi connectivity index (χ4n) is 6.87. The lowest BCUT2D eigenvalue weighted by molar-refractivity contribution is -0.148. The first-order valence-electron chi connectivity index (χ1n) is 9.89. The second-order valence-electron chi connectivity index (χ2n) is 9.33. The SMILES string of the molecule is C=C1CC[C@@H]2[C@H]3CC=C4C[C@H](OC(C)=O)CC[C@]4(C)[C@@H]3CC[C@@]12C. The number of ether oxygens (including phenoxy) is 1. The molecule has 0 unspecified atom stereocenters. The van der Waals surface area contributed by atoms with Crippen LogP contribution in [0.15, 0.2) is 23.8 Å². The van der Waals surface area contributed by atoms with Crippen LogP contribution in [0.1, 0.15) is 72.1 Å². The Morgan fingerprint density at radius 1 is 1.17 bits per heavy atom. The summed E-state index contributed by atoms with van der Waals surface area (Å²) < 4.78 is 5.53. The second-order valence-corrected chi connectivity index (χ2v) is 9.33. The van der Waals surface area contributed by atoms with E-state index >= 15 is 0 Å². The lowest BCUT2D eigenvalue weighted by Crippen LogP contribution is -2.49. The highest BCUT2D eigenvalue weighted by molar-refractivity contribution is 5.66. The molecule has 0 radical (unpaired) electrons. The Balaban J connectivity index is 1.60. The van der Waals surface area contributed by atoms with E-state index in [4.69, 9.17) is 4.74 Å². The topological polar surface area (TPSA) is 26.3 Å². The molecule has 0 aromatic carbocycles. The summed E-state index contributed by atoms with van der Waals surface area (Å²) in [6.45, 7) is 11.0. The lowest BCUT2D eigenvalue weighted by Gasteiger charge is -2.57. The van der Waals surface area contributed by atoms with Crippen molar-refractivity contribution >= 4 is 5.97 Å². The van der Waals surface area contributed by atoms with Crippen LogP contribution in [0.4, 0.5) is 0 Å². The smallest absolute Gasteiger partial charge is 0.302 e. The maximum atomic E-state index is 11.3. The number of hydrogen-bond donors (Lipinski definition) is 0. The van der Waals surface area contributed by atoms with Crippen molar-refractivity contribution in [3.05, 3.63) is 23.8 Å². The largest absolute Gasteiger partial charge is 0.462 e. The lowest BCUT2D eigenvalue weighted by atomic mass is 9.48. The van der Waals surface area contributed by atoms with Gasteiger partial charge in [0.05, 0.1) is 0 Å². The highest BCUT2D eigenvalue weighted by Crippen LogP contribution is 2.65. The van der Waals surface area contributed by atoms with Gasteiger partial charge in [-0.2, -0.15) is 0 Å². The monoisotopic (exact) mass is 328 g/mol. The van der Waals surface area contributed by atoms with Crippen LogP contribution in [0.5, 0.6) is 0 Å². The van der Waals surface area contributed by atoms with Gasteiger partial charge in [0, 0.05) is 13.3 Å². The van der Waals surface area contributed by atoms with Gasteiger partial charge in [-0.15, -0.1) is 0 Å². The predicted octanol–water partition coefficient (Wildman–Crippen LogP) is 5.44. The summed E-state index contributed by atoms with van der Waals surface area (Å²) >= 11 is 0. The fourth-order valence-corrected chi connectivity index (χ4v) is 6.87. The molecule has 4 rings (SSSR count). The number of rotatable bonds is 1. The summed E-state index contributed by atoms with van der Waals surface area (Å²) in [5.41, 5.74) is 3.84. The first-order chi connectivity index (χ1) is 11.3. The quantitative estimate of drug-likeness (QED) is 0.473. The molecule has 4 aliphatic carbocycles. The third-order valence-corrected chi connectivity index (χ3v) is 8.35. The summed E-state index contributed by atoms with van der Waals surface area (Å²) in [6, 6.07) is 0. The van der Waals surface area contributed by atoms with Crippen molar-refractivity contribution < 1.29 is 9.53 Å². The third kappa shape index (κ3) is 2.24. The molecule has 0 bridgehead atoms. The van der Waals surface area contributed by atoms with Crippen LogP contribution in [0.2, 0.25) is 0 Å². The van der Waals surface area contributed by atoms with Gasteiger partial charge in [-0.05, 0) is 73.5 Å². The molecule has 0 aliphatic heterocycles. The molecule has 4 aliphatic rings. The minimum Gasteiger partial charge on any atom is -0.462 e. The molecule has 0 saturated heterocycles. The molecule has 2 nitrogen and oxygen atoms in total. The zero-order chi connectivity index (χ0) is 17.1. The maximum Gasteiger partial charge on any atom is 0.302 e. The standard InChI is InChI=1S/C22H32O2/c1-14-5-8-19-18-7-6-16-13-17(24-15(2)23)9-11-22(16,4)20(18)10-12-21(14,19)3/h6,17-20H,1,5,7-13H2,2-4H3/t17-,18-,19-,20-,21+,22+/m1/s1. The minimum atomic E-state index is -0.129. The molecule has 3 saturated carbocycles. The molecule has 0 amide bonds. The van der Waals surface area contributed by atoms with Gasteiger partial charge in [0.2, 0.25) is 0 Å². The maximum absolute atomic E-state index is 11.3. The van der Waals surface area contributed by atoms with Gasteiger partial charge in [-0.3, -0.25) is 4.79 Å². The van der Waals surface area contributed by atoms with E-state index in [2.05, 4.69) is 26.5 Å². The van der Waals surface area contributed by atoms with Crippen molar-refractivity contribution in [2.75, 3.05) is 0 Å². The fraction of sp³-hybridized carbons (Fsp3) is 0.773.